The Morgan fingerprint density at radius 1 is 1.60 bits per heavy atom. The van der Waals surface area contributed by atoms with E-state index >= 15 is 0 Å². The van der Waals surface area contributed by atoms with Gasteiger partial charge >= 0.3 is 6.18 Å². The number of carbonyl (C=O) groups is 1. The van der Waals surface area contributed by atoms with Gasteiger partial charge < -0.3 is 16.0 Å². The van der Waals surface area contributed by atoms with E-state index < -0.39 is 18.6 Å². The SMILES string of the molecule is NC(=O)c1ncc(CNCC(F)(F)F)[nH]1. The Bertz CT molecular complexity index is 346. The van der Waals surface area contributed by atoms with E-state index in [-0.39, 0.29) is 12.4 Å². The highest BCUT2D eigenvalue weighted by Gasteiger charge is 2.26. The van der Waals surface area contributed by atoms with E-state index in [9.17, 15) is 18.0 Å². The van der Waals surface area contributed by atoms with Crippen LogP contribution < -0.4 is 11.1 Å². The molecular formula is C7H9F3N4O. The molecule has 0 unspecified atom stereocenters. The van der Waals surface area contributed by atoms with Gasteiger partial charge in [0.1, 0.15) is 0 Å². The van der Waals surface area contributed by atoms with Crippen LogP contribution in [0, 0.1) is 0 Å². The zero-order valence-electron chi connectivity index (χ0n) is 7.56. The van der Waals surface area contributed by atoms with Gasteiger partial charge in [-0.2, -0.15) is 13.2 Å². The summed E-state index contributed by atoms with van der Waals surface area (Å²) in [7, 11) is 0. The van der Waals surface area contributed by atoms with Crippen molar-refractivity contribution in [2.45, 2.75) is 12.7 Å². The maximum absolute atomic E-state index is 11.7. The number of H-pyrrole nitrogens is 1. The molecule has 1 aromatic rings. The molecule has 0 aliphatic rings. The zero-order chi connectivity index (χ0) is 11.5. The average Bonchev–Trinajstić information content (AvgIpc) is 2.50. The summed E-state index contributed by atoms with van der Waals surface area (Å²) in [6.07, 6.45) is -3.00. The third kappa shape index (κ3) is 3.98. The highest BCUT2D eigenvalue weighted by Crippen LogP contribution is 2.12. The molecule has 0 spiro atoms. The summed E-state index contributed by atoms with van der Waals surface area (Å²) in [5.41, 5.74) is 5.26. The smallest absolute Gasteiger partial charge is 0.363 e. The predicted octanol–water partition coefficient (Wildman–Crippen LogP) is 0.160. The molecular weight excluding hydrogens is 213 g/mol. The van der Waals surface area contributed by atoms with Gasteiger partial charge in [-0.15, -0.1) is 0 Å². The lowest BCUT2D eigenvalue weighted by molar-refractivity contribution is -0.125. The fourth-order valence-electron chi connectivity index (χ4n) is 0.913. The lowest BCUT2D eigenvalue weighted by atomic mass is 10.4. The number of nitrogens with two attached hydrogens (primary N) is 1. The van der Waals surface area contributed by atoms with Crippen molar-refractivity contribution in [3.63, 3.8) is 0 Å². The summed E-state index contributed by atoms with van der Waals surface area (Å²) in [5, 5.41) is 2.15. The number of primary amides is 1. The fourth-order valence-corrected chi connectivity index (χ4v) is 0.913. The quantitative estimate of drug-likeness (QED) is 0.678. The van der Waals surface area contributed by atoms with Crippen molar-refractivity contribution in [2.24, 2.45) is 5.73 Å². The van der Waals surface area contributed by atoms with Gasteiger partial charge in [0.15, 0.2) is 5.82 Å². The predicted molar refractivity (Wildman–Crippen MR) is 44.9 cm³/mol. The molecule has 0 atom stereocenters. The van der Waals surface area contributed by atoms with E-state index in [0.717, 1.165) is 0 Å². The Kier molecular flexibility index (Phi) is 3.30. The molecule has 15 heavy (non-hydrogen) atoms. The van der Waals surface area contributed by atoms with Gasteiger partial charge in [0.2, 0.25) is 0 Å². The van der Waals surface area contributed by atoms with Crippen molar-refractivity contribution in [3.8, 4) is 0 Å². The first kappa shape index (κ1) is 11.5. The molecule has 0 fully saturated rings. The molecule has 1 rings (SSSR count). The van der Waals surface area contributed by atoms with Gasteiger partial charge in [0.25, 0.3) is 5.91 Å². The molecule has 0 saturated carbocycles. The number of carbonyl (C=O) groups excluding carboxylic acids is 1. The van der Waals surface area contributed by atoms with Gasteiger partial charge in [-0.1, -0.05) is 0 Å². The molecule has 0 aliphatic carbocycles. The normalized spacial score (nSPS) is 11.7. The van der Waals surface area contributed by atoms with Crippen LogP contribution in [0.15, 0.2) is 6.20 Å². The Hall–Kier alpha value is -1.57. The fraction of sp³-hybridized carbons (Fsp3) is 0.429. The van der Waals surface area contributed by atoms with Crippen LogP contribution in [0.5, 0.6) is 0 Å². The minimum Gasteiger partial charge on any atom is -0.363 e. The molecule has 0 bridgehead atoms. The lowest BCUT2D eigenvalue weighted by Crippen LogP contribution is -2.28. The molecule has 5 nitrogen and oxygen atoms in total. The Labute approximate surface area is 82.9 Å². The van der Waals surface area contributed by atoms with E-state index in [4.69, 9.17) is 5.73 Å². The van der Waals surface area contributed by atoms with E-state index in [1.807, 2.05) is 0 Å². The number of rotatable bonds is 4. The van der Waals surface area contributed by atoms with Crippen LogP contribution in [-0.4, -0.2) is 28.6 Å². The highest BCUT2D eigenvalue weighted by atomic mass is 19.4. The number of aromatic nitrogens is 2. The minimum absolute atomic E-state index is 0.0558. The van der Waals surface area contributed by atoms with Crippen molar-refractivity contribution in [1.29, 1.82) is 0 Å². The first-order valence-electron chi connectivity index (χ1n) is 3.99. The van der Waals surface area contributed by atoms with Gasteiger partial charge in [-0.25, -0.2) is 4.98 Å². The van der Waals surface area contributed by atoms with E-state index in [1.54, 1.807) is 0 Å². The monoisotopic (exact) mass is 222 g/mol. The summed E-state index contributed by atoms with van der Waals surface area (Å²) in [4.78, 5) is 16.6. The van der Waals surface area contributed by atoms with E-state index in [0.29, 0.717) is 5.69 Å². The van der Waals surface area contributed by atoms with Crippen molar-refractivity contribution in [3.05, 3.63) is 17.7 Å². The number of nitrogens with zero attached hydrogens (tertiary/aromatic N) is 1. The molecule has 0 radical (unpaired) electrons. The van der Waals surface area contributed by atoms with Gasteiger partial charge in [-0.05, 0) is 0 Å². The number of halogens is 3. The average molecular weight is 222 g/mol. The van der Waals surface area contributed by atoms with Crippen molar-refractivity contribution in [1.82, 2.24) is 15.3 Å². The molecule has 0 saturated heterocycles. The molecule has 84 valence electrons. The Morgan fingerprint density at radius 2 is 2.27 bits per heavy atom. The summed E-state index contributed by atoms with van der Waals surface area (Å²) >= 11 is 0. The van der Waals surface area contributed by atoms with Crippen LogP contribution in [0.25, 0.3) is 0 Å². The number of nitrogens with one attached hydrogen (secondary N) is 2. The molecule has 1 aromatic heterocycles. The number of hydrogen-bond donors (Lipinski definition) is 3. The number of imidazole rings is 1. The number of amides is 1. The summed E-state index contributed by atoms with van der Waals surface area (Å²) < 4.78 is 35.2. The number of hydrogen-bond acceptors (Lipinski definition) is 3. The second-order valence-corrected chi connectivity index (χ2v) is 2.84. The van der Waals surface area contributed by atoms with Crippen molar-refractivity contribution < 1.29 is 18.0 Å². The zero-order valence-corrected chi connectivity index (χ0v) is 7.56. The van der Waals surface area contributed by atoms with Crippen molar-refractivity contribution >= 4 is 5.91 Å². The highest BCUT2D eigenvalue weighted by molar-refractivity contribution is 5.88. The maximum atomic E-state index is 11.7. The second kappa shape index (κ2) is 4.30. The lowest BCUT2D eigenvalue weighted by Gasteiger charge is -2.06. The van der Waals surface area contributed by atoms with Crippen LogP contribution in [0.1, 0.15) is 16.3 Å². The molecule has 1 amide bonds. The second-order valence-electron chi connectivity index (χ2n) is 2.84. The van der Waals surface area contributed by atoms with E-state index in [2.05, 4.69) is 15.3 Å². The number of alkyl halides is 3. The van der Waals surface area contributed by atoms with Crippen LogP contribution in [-0.2, 0) is 6.54 Å². The van der Waals surface area contributed by atoms with Gasteiger partial charge in [-0.3, -0.25) is 4.79 Å². The third-order valence-corrected chi connectivity index (χ3v) is 1.50. The van der Waals surface area contributed by atoms with Crippen LogP contribution in [0.2, 0.25) is 0 Å². The number of aromatic amines is 1. The Morgan fingerprint density at radius 3 is 2.73 bits per heavy atom. The first-order chi connectivity index (χ1) is 6.88. The molecule has 1 heterocycles. The minimum atomic E-state index is -4.26. The van der Waals surface area contributed by atoms with Crippen molar-refractivity contribution in [2.75, 3.05) is 6.54 Å². The van der Waals surface area contributed by atoms with Crippen LogP contribution in [0.4, 0.5) is 13.2 Å². The standard InChI is InChI=1S/C7H9F3N4O/c8-7(9,10)3-12-1-4-2-13-6(14-4)5(11)15/h2,12H,1,3H2,(H2,11,15)(H,13,14). The topological polar surface area (TPSA) is 83.8 Å². The van der Waals surface area contributed by atoms with E-state index in [1.165, 1.54) is 6.20 Å². The third-order valence-electron chi connectivity index (χ3n) is 1.50. The maximum Gasteiger partial charge on any atom is 0.401 e. The summed E-state index contributed by atoms with van der Waals surface area (Å²) in [6.45, 7) is -1.16. The molecule has 0 aromatic carbocycles. The largest absolute Gasteiger partial charge is 0.401 e. The van der Waals surface area contributed by atoms with Gasteiger partial charge in [0, 0.05) is 12.2 Å². The van der Waals surface area contributed by atoms with Gasteiger partial charge in [0.05, 0.1) is 12.7 Å². The molecule has 0 aliphatic heterocycles. The molecule has 4 N–H and O–H groups in total. The Balaban J connectivity index is 2.41. The van der Waals surface area contributed by atoms with Crippen LogP contribution in [0.3, 0.4) is 0 Å². The summed E-state index contributed by atoms with van der Waals surface area (Å²) in [6, 6.07) is 0. The molecule has 8 heteroatoms. The van der Waals surface area contributed by atoms with Crippen LogP contribution >= 0.6 is 0 Å². The first-order valence-corrected chi connectivity index (χ1v) is 3.99. The summed E-state index contributed by atoms with van der Waals surface area (Å²) in [5.74, 6) is -0.823.